The molecule has 0 amide bonds. The Morgan fingerprint density at radius 3 is 2.64 bits per heavy atom. The lowest BCUT2D eigenvalue weighted by Crippen LogP contribution is -2.43. The zero-order valence-corrected chi connectivity index (χ0v) is 15.7. The minimum atomic E-state index is -3.00. The maximum atomic E-state index is 11.3. The second-order valence-corrected chi connectivity index (χ2v) is 10.6. The summed E-state index contributed by atoms with van der Waals surface area (Å²) in [5, 5.41) is 6.33. The van der Waals surface area contributed by atoms with E-state index in [1.807, 2.05) is 5.38 Å². The van der Waals surface area contributed by atoms with Crippen LogP contribution in [0.4, 0.5) is 0 Å². The highest BCUT2D eigenvalue weighted by Crippen LogP contribution is 2.38. The van der Waals surface area contributed by atoms with Crippen LogP contribution < -0.4 is 5.32 Å². The van der Waals surface area contributed by atoms with Crippen LogP contribution in [-0.4, -0.2) is 25.7 Å². The lowest BCUT2D eigenvalue weighted by atomic mass is 9.69. The van der Waals surface area contributed by atoms with Crippen LogP contribution in [0, 0.1) is 11.3 Å². The molecular weight excluding hydrogens is 316 g/mol. The van der Waals surface area contributed by atoms with Gasteiger partial charge in [-0.2, -0.15) is 0 Å². The van der Waals surface area contributed by atoms with Gasteiger partial charge in [-0.1, -0.05) is 33.6 Å². The predicted molar refractivity (Wildman–Crippen MR) is 92.7 cm³/mol. The Kier molecular flexibility index (Phi) is 5.67. The van der Waals surface area contributed by atoms with Crippen molar-refractivity contribution in [3.05, 3.63) is 16.1 Å². The second-order valence-electron chi connectivity index (χ2n) is 7.55. The van der Waals surface area contributed by atoms with Gasteiger partial charge in [-0.15, -0.1) is 11.3 Å². The fourth-order valence-corrected chi connectivity index (χ4v) is 5.37. The van der Waals surface area contributed by atoms with Gasteiger partial charge in [-0.05, 0) is 24.2 Å². The number of hydrogen-bond acceptors (Lipinski definition) is 5. The van der Waals surface area contributed by atoms with Gasteiger partial charge in [0.15, 0.2) is 9.84 Å². The van der Waals surface area contributed by atoms with E-state index >= 15 is 0 Å². The monoisotopic (exact) mass is 344 g/mol. The van der Waals surface area contributed by atoms with Gasteiger partial charge < -0.3 is 5.32 Å². The first-order valence-corrected chi connectivity index (χ1v) is 10.9. The van der Waals surface area contributed by atoms with Crippen LogP contribution in [0.5, 0.6) is 0 Å². The molecule has 1 N–H and O–H groups in total. The average molecular weight is 345 g/mol. The van der Waals surface area contributed by atoms with E-state index in [9.17, 15) is 8.42 Å². The van der Waals surface area contributed by atoms with E-state index in [0.29, 0.717) is 22.4 Å². The van der Waals surface area contributed by atoms with Crippen molar-refractivity contribution in [2.24, 2.45) is 11.3 Å². The molecule has 1 saturated carbocycles. The summed E-state index contributed by atoms with van der Waals surface area (Å²) in [6.45, 7) is 7.71. The Bertz CT molecular complexity index is 588. The van der Waals surface area contributed by atoms with Gasteiger partial charge in [0, 0.05) is 24.2 Å². The van der Waals surface area contributed by atoms with E-state index < -0.39 is 9.84 Å². The minimum absolute atomic E-state index is 0.0473. The number of hydrogen-bond donors (Lipinski definition) is 1. The summed E-state index contributed by atoms with van der Waals surface area (Å²) in [5.41, 5.74) is 1.28. The van der Waals surface area contributed by atoms with E-state index in [4.69, 9.17) is 0 Å². The van der Waals surface area contributed by atoms with Crippen LogP contribution in [0.3, 0.4) is 0 Å². The fraction of sp³-hybridized carbons (Fsp3) is 0.812. The second kappa shape index (κ2) is 6.97. The molecule has 1 fully saturated rings. The summed E-state index contributed by atoms with van der Waals surface area (Å²) in [4.78, 5) is 4.44. The van der Waals surface area contributed by atoms with Crippen LogP contribution in [0.2, 0.25) is 0 Å². The van der Waals surface area contributed by atoms with Gasteiger partial charge in [0.25, 0.3) is 0 Å². The summed E-state index contributed by atoms with van der Waals surface area (Å²) >= 11 is 1.44. The van der Waals surface area contributed by atoms with Crippen molar-refractivity contribution in [1.82, 2.24) is 10.3 Å². The van der Waals surface area contributed by atoms with Gasteiger partial charge in [-0.3, -0.25) is 0 Å². The smallest absolute Gasteiger partial charge is 0.153 e. The third-order valence-electron chi connectivity index (χ3n) is 4.41. The molecule has 6 heteroatoms. The quantitative estimate of drug-likeness (QED) is 0.889. The van der Waals surface area contributed by atoms with Gasteiger partial charge >= 0.3 is 0 Å². The first-order chi connectivity index (χ1) is 10.1. The third kappa shape index (κ3) is 5.32. The summed E-state index contributed by atoms with van der Waals surface area (Å²) < 4.78 is 22.6. The van der Waals surface area contributed by atoms with Crippen LogP contribution in [0.25, 0.3) is 0 Å². The number of thiazole rings is 1. The standard InChI is InChI=1S/C16H28N2O2S2/c1-16(2,3)13-7-5-6-8-14(13)17-9-12-10-21-15(18-12)11-22(4,19)20/h10,13-14,17H,5-9,11H2,1-4H3/t13-,14+/m1/s1. The van der Waals surface area contributed by atoms with Crippen LogP contribution in [0.15, 0.2) is 5.38 Å². The van der Waals surface area contributed by atoms with Crippen molar-refractivity contribution in [3.63, 3.8) is 0 Å². The molecule has 0 unspecified atom stereocenters. The first-order valence-electron chi connectivity index (χ1n) is 7.99. The molecule has 0 spiro atoms. The average Bonchev–Trinajstić information content (AvgIpc) is 2.81. The molecule has 1 aliphatic carbocycles. The molecule has 0 aliphatic heterocycles. The summed E-state index contributed by atoms with van der Waals surface area (Å²) in [5.74, 6) is 0.737. The van der Waals surface area contributed by atoms with E-state index in [1.54, 1.807) is 0 Å². The molecule has 0 saturated heterocycles. The molecule has 1 aromatic heterocycles. The summed E-state index contributed by atoms with van der Waals surface area (Å²) in [6, 6.07) is 0.536. The largest absolute Gasteiger partial charge is 0.308 e. The Morgan fingerprint density at radius 2 is 2.00 bits per heavy atom. The van der Waals surface area contributed by atoms with Gasteiger partial charge in [0.2, 0.25) is 0 Å². The molecule has 1 aromatic rings. The fourth-order valence-electron chi connectivity index (χ4n) is 3.37. The van der Waals surface area contributed by atoms with Crippen molar-refractivity contribution in [2.75, 3.05) is 6.26 Å². The van der Waals surface area contributed by atoms with Crippen molar-refractivity contribution in [2.45, 2.75) is 64.8 Å². The maximum Gasteiger partial charge on any atom is 0.153 e. The molecule has 126 valence electrons. The molecule has 1 heterocycles. The lowest BCUT2D eigenvalue weighted by molar-refractivity contribution is 0.130. The summed E-state index contributed by atoms with van der Waals surface area (Å²) in [6.07, 6.45) is 6.39. The van der Waals surface area contributed by atoms with E-state index in [-0.39, 0.29) is 5.75 Å². The van der Waals surface area contributed by atoms with Crippen LogP contribution in [0.1, 0.15) is 57.2 Å². The van der Waals surface area contributed by atoms with E-state index in [1.165, 1.54) is 43.3 Å². The maximum absolute atomic E-state index is 11.3. The molecule has 22 heavy (non-hydrogen) atoms. The lowest BCUT2D eigenvalue weighted by Gasteiger charge is -2.41. The highest BCUT2D eigenvalue weighted by molar-refractivity contribution is 7.90. The van der Waals surface area contributed by atoms with E-state index in [0.717, 1.165) is 12.2 Å². The van der Waals surface area contributed by atoms with Crippen LogP contribution in [-0.2, 0) is 22.1 Å². The van der Waals surface area contributed by atoms with Crippen LogP contribution >= 0.6 is 11.3 Å². The Hall–Kier alpha value is -0.460. The van der Waals surface area contributed by atoms with Gasteiger partial charge in [-0.25, -0.2) is 13.4 Å². The van der Waals surface area contributed by atoms with Crippen molar-refractivity contribution < 1.29 is 8.42 Å². The van der Waals surface area contributed by atoms with Gasteiger partial charge in [0.1, 0.15) is 10.8 Å². The van der Waals surface area contributed by atoms with Crippen molar-refractivity contribution in [1.29, 1.82) is 0 Å². The number of nitrogens with zero attached hydrogens (tertiary/aromatic N) is 1. The SMILES string of the molecule is CC(C)(C)[C@@H]1CCCC[C@@H]1NCc1csc(CS(C)(=O)=O)n1. The zero-order valence-electron chi connectivity index (χ0n) is 14.1. The molecule has 4 nitrogen and oxygen atoms in total. The van der Waals surface area contributed by atoms with E-state index in [2.05, 4.69) is 31.1 Å². The number of rotatable bonds is 5. The van der Waals surface area contributed by atoms with Crippen molar-refractivity contribution in [3.8, 4) is 0 Å². The molecule has 0 bridgehead atoms. The Morgan fingerprint density at radius 1 is 1.32 bits per heavy atom. The summed E-state index contributed by atoms with van der Waals surface area (Å²) in [7, 11) is -3.00. The predicted octanol–water partition coefficient (Wildman–Crippen LogP) is 3.38. The molecule has 0 aromatic carbocycles. The Labute approximate surface area is 138 Å². The molecule has 1 aliphatic rings. The van der Waals surface area contributed by atoms with Gasteiger partial charge in [0.05, 0.1) is 5.69 Å². The normalized spacial score (nSPS) is 23.6. The number of nitrogens with one attached hydrogen (secondary N) is 1. The third-order valence-corrected chi connectivity index (χ3v) is 6.29. The minimum Gasteiger partial charge on any atom is -0.308 e. The first kappa shape index (κ1) is 17.9. The molecule has 0 radical (unpaired) electrons. The molecule has 2 atom stereocenters. The molecule has 2 rings (SSSR count). The number of aromatic nitrogens is 1. The molecular formula is C16H28N2O2S2. The van der Waals surface area contributed by atoms with Crippen molar-refractivity contribution >= 4 is 21.2 Å². The number of sulfone groups is 1. The zero-order chi connectivity index (χ0) is 16.4. The highest BCUT2D eigenvalue weighted by atomic mass is 32.2. The topological polar surface area (TPSA) is 59.1 Å². The Balaban J connectivity index is 1.94. The highest BCUT2D eigenvalue weighted by Gasteiger charge is 2.33.